The molecule has 4 rings (SSSR count). The van der Waals surface area contributed by atoms with Gasteiger partial charge in [-0.3, -0.25) is 79.8 Å². The first kappa shape index (κ1) is 93.1. The molecule has 0 aliphatic rings. The number of carbonyl (C=O) groups excluding carboxylic acids is 11. The lowest BCUT2D eigenvalue weighted by Crippen LogP contribution is -2.62. The van der Waals surface area contributed by atoms with Gasteiger partial charge in [-0.05, 0) is 136 Å². The van der Waals surface area contributed by atoms with Crippen molar-refractivity contribution < 1.29 is 63.0 Å². The van der Waals surface area contributed by atoms with E-state index in [0.717, 1.165) is 0 Å². The lowest BCUT2D eigenvalue weighted by Gasteiger charge is -2.30. The van der Waals surface area contributed by atoms with E-state index in [9.17, 15) is 39.0 Å². The Labute approximate surface area is 659 Å². The predicted molar refractivity (Wildman–Crippen MR) is 428 cm³/mol. The van der Waals surface area contributed by atoms with Gasteiger partial charge in [-0.25, -0.2) is 0 Å². The number of nitrogens with two attached hydrogens (primary N) is 6. The Balaban J connectivity index is 1.75. The third kappa shape index (κ3) is 35.1. The Bertz CT molecular complexity index is 3890. The summed E-state index contributed by atoms with van der Waals surface area (Å²) >= 11 is 1.31. The number of hydrogen-bond acceptors (Lipinski definition) is 19. The van der Waals surface area contributed by atoms with Crippen LogP contribution in [0.1, 0.15) is 115 Å². The summed E-state index contributed by atoms with van der Waals surface area (Å²) in [6.07, 6.45) is 3.34. The highest BCUT2D eigenvalue weighted by Gasteiger charge is 2.38. The Morgan fingerprint density at radius 2 is 0.717 bits per heavy atom. The number of benzene rings is 3. The van der Waals surface area contributed by atoms with E-state index in [1.807, 2.05) is 0 Å². The van der Waals surface area contributed by atoms with Crippen LogP contribution in [0.3, 0.4) is 0 Å². The van der Waals surface area contributed by atoms with Crippen molar-refractivity contribution in [2.45, 2.75) is 178 Å². The monoisotopic (exact) mass is 1600 g/mol. The van der Waals surface area contributed by atoms with Crippen molar-refractivity contribution in [3.05, 3.63) is 95.7 Å². The number of aromatic hydroxyl groups is 2. The van der Waals surface area contributed by atoms with E-state index in [4.69, 9.17) is 61.4 Å². The van der Waals surface area contributed by atoms with Gasteiger partial charge in [0, 0.05) is 76.0 Å². The molecule has 0 aliphatic heterocycles. The summed E-state index contributed by atoms with van der Waals surface area (Å²) in [5, 5.41) is 99.5. The van der Waals surface area contributed by atoms with Gasteiger partial charge >= 0.3 is 0 Å². The van der Waals surface area contributed by atoms with Crippen molar-refractivity contribution >= 4 is 117 Å². The number of rotatable bonds is 51. The number of para-hydroxylation sites is 1. The number of hydrogen-bond donors (Lipinski definition) is 29. The molecular formula is C72H113N27O13S. The number of aromatic amines is 1. The second kappa shape index (κ2) is 49.0. The zero-order valence-corrected chi connectivity index (χ0v) is 64.8. The first-order valence-electron chi connectivity index (χ1n) is 37.0. The zero-order valence-electron chi connectivity index (χ0n) is 64.0. The maximum atomic E-state index is 15.2. The average Bonchev–Trinajstić information content (AvgIpc) is 1.80. The van der Waals surface area contributed by atoms with Crippen molar-refractivity contribution in [2.75, 3.05) is 44.7 Å². The molecule has 113 heavy (non-hydrogen) atoms. The molecule has 41 heteroatoms. The molecule has 0 fully saturated rings. The van der Waals surface area contributed by atoms with Crippen LogP contribution in [0, 0.1) is 33.0 Å². The minimum absolute atomic E-state index is 0.00758. The summed E-state index contributed by atoms with van der Waals surface area (Å²) < 4.78 is 0. The smallest absolute Gasteiger partial charge is 0.243 e. The van der Waals surface area contributed by atoms with Gasteiger partial charge in [0.05, 0.1) is 0 Å². The highest BCUT2D eigenvalue weighted by molar-refractivity contribution is 7.98. The van der Waals surface area contributed by atoms with Gasteiger partial charge in [-0.1, -0.05) is 62.7 Å². The first-order chi connectivity index (χ1) is 53.7. The highest BCUT2D eigenvalue weighted by Crippen LogP contribution is 2.21. The first-order valence-corrected chi connectivity index (χ1v) is 38.4. The van der Waals surface area contributed by atoms with E-state index in [1.54, 1.807) is 50.6 Å². The summed E-state index contributed by atoms with van der Waals surface area (Å²) in [5.41, 5.74) is 35.3. The van der Waals surface area contributed by atoms with Gasteiger partial charge in [-0.15, -0.1) is 0 Å². The van der Waals surface area contributed by atoms with Gasteiger partial charge in [0.1, 0.15) is 71.9 Å². The highest BCUT2D eigenvalue weighted by atomic mass is 32.2. The summed E-state index contributed by atoms with van der Waals surface area (Å²) in [6, 6.07) is 4.24. The number of phenols is 2. The Hall–Kier alpha value is -12.3. The average molecular weight is 1600 g/mol. The van der Waals surface area contributed by atoms with Gasteiger partial charge in [0.25, 0.3) is 0 Å². The molecule has 0 radical (unpaired) electrons. The van der Waals surface area contributed by atoms with Crippen molar-refractivity contribution in [1.29, 1.82) is 27.0 Å². The molecule has 1 heterocycles. The molecular weight excluding hydrogens is 1480 g/mol. The molecule has 0 saturated heterocycles. The number of nitrogens with one attached hydrogen (secondary N) is 21. The molecule has 1 aromatic heterocycles. The summed E-state index contributed by atoms with van der Waals surface area (Å²) in [6.45, 7) is 5.10. The molecule has 0 unspecified atom stereocenters. The van der Waals surface area contributed by atoms with E-state index in [-0.39, 0.29) is 170 Å². The number of amides is 11. The number of thioether (sulfide) groups is 1. The Morgan fingerprint density at radius 3 is 1.07 bits per heavy atom. The SMILES string of the molecule is CC[C@@H](C)[C@@H](NC(=O)[C@@H](Cc1ccc(O)cc1)NC(=O)[C@@H](CCSC)NC(=O)[C@@H](CCCNC(=N)N)NC(=O)[C@@H](Cc1c[nH]c2ccccc12)NC(=O)[C@@H](CCCNC(=N)N)NC(=O)[C@@H](CCCNC(=N)N)NC(C)=O)C(=O)N[C@H](Cc1ccc(O)cc1)C(=O)N[C@H](CCCNC(=N)N)C(=O)N[C@H](CCCNC(=N)N)C(N)=O. The van der Waals surface area contributed by atoms with E-state index >= 15 is 24.0 Å². The van der Waals surface area contributed by atoms with Gasteiger partial charge < -0.3 is 129 Å². The maximum absolute atomic E-state index is 15.2. The fourth-order valence-corrected chi connectivity index (χ4v) is 12.2. The van der Waals surface area contributed by atoms with Crippen molar-refractivity contribution in [3.8, 4) is 11.5 Å². The second-order valence-electron chi connectivity index (χ2n) is 27.0. The number of primary amides is 1. The van der Waals surface area contributed by atoms with Crippen LogP contribution in [0.2, 0.25) is 0 Å². The van der Waals surface area contributed by atoms with Crippen LogP contribution >= 0.6 is 11.8 Å². The lowest BCUT2D eigenvalue weighted by molar-refractivity contribution is -0.136. The van der Waals surface area contributed by atoms with Crippen LogP contribution in [-0.2, 0) is 72.0 Å². The normalized spacial score (nSPS) is 13.8. The predicted octanol–water partition coefficient (Wildman–Crippen LogP) is -3.92. The van der Waals surface area contributed by atoms with Gasteiger partial charge in [-0.2, -0.15) is 11.8 Å². The zero-order chi connectivity index (χ0) is 83.7. The van der Waals surface area contributed by atoms with Crippen LogP contribution in [0.5, 0.6) is 11.5 Å². The summed E-state index contributed by atoms with van der Waals surface area (Å²) in [7, 11) is 0. The molecule has 40 nitrogen and oxygen atoms in total. The minimum atomic E-state index is -1.56. The largest absolute Gasteiger partial charge is 0.508 e. The number of H-pyrrole nitrogens is 1. The number of phenolic OH excluding ortho intramolecular Hbond substituents is 2. The minimum Gasteiger partial charge on any atom is -0.508 e. The quantitative estimate of drug-likeness (QED) is 0.0114. The Kier molecular flexibility index (Phi) is 40.4. The summed E-state index contributed by atoms with van der Waals surface area (Å²) in [4.78, 5) is 161. The molecule has 0 spiro atoms. The van der Waals surface area contributed by atoms with Crippen molar-refractivity contribution in [3.63, 3.8) is 0 Å². The standard InChI is InChI=1S/C72H113N27O13S/c1-5-39(2)57(67(112)98-54(35-41-20-24-44(101)25-21-41)64(109)93-50(17-10-31-86-70(78)79)60(105)91-48(58(73)103)15-8-29-84-68(74)75)99-66(111)55(36-42-22-26-45(102)27-23-42)96-63(108)53(28-34-113-4)95-61(106)51(18-11-32-87-71(80)81)94-65(110)56(37-43-38-89-47-14-7-6-13-46(43)47)97-62(107)52(19-12-33-88-72(82)83)92-59(104)49(90-40(3)100)16-9-30-85-69(76)77/h6-7,13-14,20-27,38-39,48-57,89,101-102H,5,8-12,15-19,28-37H2,1-4H3,(H2,73,103)(H,90,100)(H,91,105)(H,92,104)(H,93,109)(H,94,110)(H,95,106)(H,96,108)(H,97,107)(H,98,112)(H,99,111)(H4,74,75,84)(H4,76,77,85)(H4,78,79,86)(H4,80,81,87)(H4,82,83,88)/t39-,48-,49-,50-,51-,52-,53-,54-,55-,56-,57-/m1/s1. The van der Waals surface area contributed by atoms with Crippen LogP contribution in [-0.4, -0.2) is 215 Å². The third-order valence-electron chi connectivity index (χ3n) is 18.0. The summed E-state index contributed by atoms with van der Waals surface area (Å²) in [5.74, 6) is -11.9. The molecule has 0 bridgehead atoms. The van der Waals surface area contributed by atoms with E-state index in [0.29, 0.717) is 27.6 Å². The second-order valence-corrected chi connectivity index (χ2v) is 28.0. The molecule has 35 N–H and O–H groups in total. The van der Waals surface area contributed by atoms with E-state index in [1.165, 1.54) is 67.2 Å². The third-order valence-corrected chi connectivity index (χ3v) is 18.6. The molecule has 11 atom stereocenters. The fraction of sp³-hybridized carbons (Fsp3) is 0.500. The van der Waals surface area contributed by atoms with E-state index < -0.39 is 137 Å². The lowest BCUT2D eigenvalue weighted by atomic mass is 9.96. The van der Waals surface area contributed by atoms with Crippen LogP contribution in [0.25, 0.3) is 10.9 Å². The van der Waals surface area contributed by atoms with Crippen LogP contribution < -0.4 is 114 Å². The van der Waals surface area contributed by atoms with Crippen molar-refractivity contribution in [1.82, 2.24) is 84.7 Å². The Morgan fingerprint density at radius 1 is 0.407 bits per heavy atom. The molecule has 0 saturated carbocycles. The number of carbonyl (C=O) groups is 11. The van der Waals surface area contributed by atoms with Crippen molar-refractivity contribution in [2.24, 2.45) is 40.3 Å². The molecule has 620 valence electrons. The van der Waals surface area contributed by atoms with Crippen LogP contribution in [0.15, 0.2) is 79.0 Å². The van der Waals surface area contributed by atoms with Gasteiger partial charge in [0.15, 0.2) is 29.8 Å². The van der Waals surface area contributed by atoms with E-state index in [2.05, 4.69) is 84.7 Å². The fourth-order valence-electron chi connectivity index (χ4n) is 11.8. The molecule has 3 aromatic carbocycles. The number of guanidine groups is 5. The van der Waals surface area contributed by atoms with Crippen LogP contribution in [0.4, 0.5) is 0 Å². The molecule has 0 aliphatic carbocycles. The molecule has 4 aromatic rings. The van der Waals surface area contributed by atoms with Gasteiger partial charge in [0.2, 0.25) is 65.0 Å². The molecule has 11 amide bonds. The topological polar surface area (TPSA) is 700 Å². The number of fused-ring (bicyclic) bond motifs is 1. The maximum Gasteiger partial charge on any atom is 0.243 e. The number of aromatic nitrogens is 1.